The summed E-state index contributed by atoms with van der Waals surface area (Å²) in [4.78, 5) is 10.2. The smallest absolute Gasteiger partial charge is 0.288 e. The van der Waals surface area contributed by atoms with Crippen molar-refractivity contribution in [2.24, 2.45) is 11.7 Å². The fraction of sp³-hybridized carbons (Fsp3) is 0.455. The van der Waals surface area contributed by atoms with E-state index in [1.165, 1.54) is 12.1 Å². The number of nitrogens with two attached hydrogens (primary N) is 1. The average Bonchev–Trinajstić information content (AvgIpc) is 3.11. The van der Waals surface area contributed by atoms with Gasteiger partial charge in [-0.15, -0.1) is 0 Å². The van der Waals surface area contributed by atoms with Gasteiger partial charge in [-0.05, 0) is 30.4 Å². The minimum absolute atomic E-state index is 0.0758. The summed E-state index contributed by atoms with van der Waals surface area (Å²) < 4.78 is 0. The van der Waals surface area contributed by atoms with Gasteiger partial charge in [0.25, 0.3) is 5.69 Å². The Morgan fingerprint density at radius 2 is 2.18 bits per heavy atom. The minimum Gasteiger partial charge on any atom is -0.391 e. The van der Waals surface area contributed by atoms with Crippen LogP contribution < -0.4 is 5.73 Å². The molecule has 0 unspecified atom stereocenters. The van der Waals surface area contributed by atoms with Crippen LogP contribution in [0.25, 0.3) is 0 Å². The summed E-state index contributed by atoms with van der Waals surface area (Å²) in [6, 6.07) is 3.79. The Hall–Kier alpha value is -1.17. The largest absolute Gasteiger partial charge is 0.391 e. The summed E-state index contributed by atoms with van der Waals surface area (Å²) in [5, 5.41) is 20.7. The molecule has 1 fully saturated rings. The molecular weight excluding hydrogens is 244 g/mol. The van der Waals surface area contributed by atoms with Crippen molar-refractivity contribution in [1.29, 1.82) is 0 Å². The van der Waals surface area contributed by atoms with E-state index >= 15 is 0 Å². The normalized spacial score (nSPS) is 18.8. The maximum atomic E-state index is 10.7. The molecule has 6 heteroatoms. The molecule has 1 aromatic carbocycles. The predicted molar refractivity (Wildman–Crippen MR) is 63.8 cm³/mol. The van der Waals surface area contributed by atoms with Crippen molar-refractivity contribution in [2.75, 3.05) is 0 Å². The van der Waals surface area contributed by atoms with Crippen LogP contribution in [0.4, 0.5) is 5.69 Å². The summed E-state index contributed by atoms with van der Waals surface area (Å²) in [5.74, 6) is 0.222. The molecule has 0 aliphatic heterocycles. The molecule has 1 saturated carbocycles. The molecule has 1 aromatic rings. The summed E-state index contributed by atoms with van der Waals surface area (Å²) in [5.41, 5.74) is 6.25. The maximum Gasteiger partial charge on any atom is 0.288 e. The molecule has 3 N–H and O–H groups in total. The molecule has 0 bridgehead atoms. The zero-order valence-electron chi connectivity index (χ0n) is 9.04. The second kappa shape index (κ2) is 4.60. The molecule has 1 aliphatic rings. The monoisotopic (exact) mass is 256 g/mol. The van der Waals surface area contributed by atoms with E-state index in [0.717, 1.165) is 12.8 Å². The molecule has 0 spiro atoms. The third kappa shape index (κ3) is 2.57. The van der Waals surface area contributed by atoms with Crippen LogP contribution in [-0.2, 0) is 0 Å². The molecule has 2 atom stereocenters. The number of hydrogen-bond acceptors (Lipinski definition) is 4. The van der Waals surface area contributed by atoms with Crippen LogP contribution >= 0.6 is 11.6 Å². The SMILES string of the molecule is N[C@H](c1ccc(Cl)c([N+](=O)[O-])c1)[C@@H](O)C1CC1. The summed E-state index contributed by atoms with van der Waals surface area (Å²) in [6.07, 6.45) is 1.28. The van der Waals surface area contributed by atoms with Gasteiger partial charge in [0.15, 0.2) is 0 Å². The molecule has 0 aromatic heterocycles. The van der Waals surface area contributed by atoms with Crippen LogP contribution in [0, 0.1) is 16.0 Å². The number of aliphatic hydroxyl groups excluding tert-OH is 1. The van der Waals surface area contributed by atoms with Gasteiger partial charge in [0.2, 0.25) is 0 Å². The van der Waals surface area contributed by atoms with E-state index in [1.54, 1.807) is 6.07 Å². The number of hydrogen-bond donors (Lipinski definition) is 2. The highest BCUT2D eigenvalue weighted by molar-refractivity contribution is 6.32. The highest BCUT2D eigenvalue weighted by Gasteiger charge is 2.34. The van der Waals surface area contributed by atoms with Crippen molar-refractivity contribution in [2.45, 2.75) is 25.0 Å². The van der Waals surface area contributed by atoms with Crippen LogP contribution in [0.1, 0.15) is 24.4 Å². The minimum atomic E-state index is -0.643. The zero-order valence-corrected chi connectivity index (χ0v) is 9.80. The van der Waals surface area contributed by atoms with Crippen LogP contribution in [-0.4, -0.2) is 16.1 Å². The van der Waals surface area contributed by atoms with Crippen molar-refractivity contribution >= 4 is 17.3 Å². The molecule has 0 amide bonds. The third-order valence-corrected chi connectivity index (χ3v) is 3.34. The van der Waals surface area contributed by atoms with E-state index in [1.807, 2.05) is 0 Å². The lowest BCUT2D eigenvalue weighted by atomic mass is 9.99. The first-order valence-electron chi connectivity index (χ1n) is 5.38. The first kappa shape index (κ1) is 12.3. The van der Waals surface area contributed by atoms with Gasteiger partial charge in [-0.25, -0.2) is 0 Å². The van der Waals surface area contributed by atoms with Gasteiger partial charge in [-0.3, -0.25) is 10.1 Å². The van der Waals surface area contributed by atoms with E-state index in [-0.39, 0.29) is 16.6 Å². The molecule has 92 valence electrons. The first-order valence-corrected chi connectivity index (χ1v) is 5.76. The highest BCUT2D eigenvalue weighted by atomic mass is 35.5. The Balaban J connectivity index is 2.25. The van der Waals surface area contributed by atoms with Gasteiger partial charge in [0, 0.05) is 6.07 Å². The van der Waals surface area contributed by atoms with Crippen molar-refractivity contribution in [1.82, 2.24) is 0 Å². The fourth-order valence-corrected chi connectivity index (χ4v) is 1.99. The molecule has 17 heavy (non-hydrogen) atoms. The molecule has 1 aliphatic carbocycles. The highest BCUT2D eigenvalue weighted by Crippen LogP contribution is 2.38. The van der Waals surface area contributed by atoms with Crippen LogP contribution in [0.15, 0.2) is 18.2 Å². The Morgan fingerprint density at radius 3 is 2.71 bits per heavy atom. The topological polar surface area (TPSA) is 89.4 Å². The van der Waals surface area contributed by atoms with Crippen molar-refractivity contribution < 1.29 is 10.0 Å². The van der Waals surface area contributed by atoms with Crippen molar-refractivity contribution in [3.8, 4) is 0 Å². The van der Waals surface area contributed by atoms with Crippen LogP contribution in [0.5, 0.6) is 0 Å². The quantitative estimate of drug-likeness (QED) is 0.637. The lowest BCUT2D eigenvalue weighted by molar-refractivity contribution is -0.384. The van der Waals surface area contributed by atoms with Gasteiger partial charge in [0.05, 0.1) is 17.1 Å². The first-order chi connectivity index (χ1) is 8.00. The van der Waals surface area contributed by atoms with Crippen molar-refractivity contribution in [3.63, 3.8) is 0 Å². The Morgan fingerprint density at radius 1 is 1.53 bits per heavy atom. The van der Waals surface area contributed by atoms with Gasteiger partial charge in [-0.2, -0.15) is 0 Å². The molecule has 5 nitrogen and oxygen atoms in total. The van der Waals surface area contributed by atoms with E-state index in [0.29, 0.717) is 5.56 Å². The van der Waals surface area contributed by atoms with Gasteiger partial charge >= 0.3 is 0 Å². The van der Waals surface area contributed by atoms with E-state index < -0.39 is 17.1 Å². The summed E-state index contributed by atoms with van der Waals surface area (Å²) in [6.45, 7) is 0. The van der Waals surface area contributed by atoms with Gasteiger partial charge in [0.1, 0.15) is 5.02 Å². The lowest BCUT2D eigenvalue weighted by Crippen LogP contribution is -2.27. The number of aliphatic hydroxyl groups is 1. The number of nitrogens with zero attached hydrogens (tertiary/aromatic N) is 1. The summed E-state index contributed by atoms with van der Waals surface area (Å²) in [7, 11) is 0. The number of nitro benzene ring substituents is 1. The number of benzene rings is 1. The molecule has 0 radical (unpaired) electrons. The van der Waals surface area contributed by atoms with Gasteiger partial charge in [-0.1, -0.05) is 17.7 Å². The number of rotatable bonds is 4. The molecule has 0 heterocycles. The number of nitro groups is 1. The lowest BCUT2D eigenvalue weighted by Gasteiger charge is -2.18. The van der Waals surface area contributed by atoms with E-state index in [4.69, 9.17) is 17.3 Å². The molecule has 0 saturated heterocycles. The van der Waals surface area contributed by atoms with Crippen molar-refractivity contribution in [3.05, 3.63) is 38.9 Å². The second-order valence-electron chi connectivity index (χ2n) is 4.32. The maximum absolute atomic E-state index is 10.7. The molecular formula is C11H13ClN2O3. The standard InChI is InChI=1S/C11H13ClN2O3/c12-8-4-3-7(5-9(8)14(16)17)10(13)11(15)6-1-2-6/h3-6,10-11,15H,1-2,13H2/t10-,11+/m1/s1. The number of halogens is 1. The van der Waals surface area contributed by atoms with E-state index in [2.05, 4.69) is 0 Å². The third-order valence-electron chi connectivity index (χ3n) is 3.02. The van der Waals surface area contributed by atoms with Crippen LogP contribution in [0.3, 0.4) is 0 Å². The molecule has 2 rings (SSSR count). The predicted octanol–water partition coefficient (Wildman–Crippen LogP) is 2.02. The zero-order chi connectivity index (χ0) is 12.6. The summed E-state index contributed by atoms with van der Waals surface area (Å²) >= 11 is 5.71. The Labute approximate surface area is 103 Å². The Bertz CT molecular complexity index is 448. The average molecular weight is 257 g/mol. The Kier molecular flexibility index (Phi) is 3.33. The fourth-order valence-electron chi connectivity index (χ4n) is 1.81. The van der Waals surface area contributed by atoms with Crippen LogP contribution in [0.2, 0.25) is 5.02 Å². The van der Waals surface area contributed by atoms with Gasteiger partial charge < -0.3 is 10.8 Å². The second-order valence-corrected chi connectivity index (χ2v) is 4.73. The van der Waals surface area contributed by atoms with E-state index in [9.17, 15) is 15.2 Å².